The van der Waals surface area contributed by atoms with Gasteiger partial charge in [0.1, 0.15) is 5.75 Å². The molecule has 6 heteroatoms. The van der Waals surface area contributed by atoms with Crippen molar-refractivity contribution in [3.63, 3.8) is 0 Å². The number of benzene rings is 2. The standard InChI is InChI=1S/C28H37NO4Si/c1-28(2,3)34(5,6)33-26(27(30)31-4)11-9-7-8-10-20-32-25-18-16-24(17-19-25)23-14-12-22(21-29)13-15-23/h11-19H,7-10,20H2,1-6H3/b26-11-. The number of carbonyl (C=O) groups excluding carboxylic acids is 1. The van der Waals surface area contributed by atoms with Crippen molar-refractivity contribution in [1.29, 1.82) is 5.26 Å². The molecule has 0 unspecified atom stereocenters. The van der Waals surface area contributed by atoms with E-state index in [1.807, 2.05) is 54.6 Å². The van der Waals surface area contributed by atoms with E-state index in [4.69, 9.17) is 19.2 Å². The monoisotopic (exact) mass is 479 g/mol. The molecule has 0 aliphatic carbocycles. The molecule has 0 aromatic heterocycles. The number of nitriles is 1. The van der Waals surface area contributed by atoms with Crippen LogP contribution < -0.4 is 4.74 Å². The van der Waals surface area contributed by atoms with Gasteiger partial charge in [-0.15, -0.1) is 0 Å². The first-order valence-electron chi connectivity index (χ1n) is 11.8. The predicted octanol–water partition coefficient (Wildman–Crippen LogP) is 7.24. The molecule has 0 fully saturated rings. The number of allylic oxidation sites excluding steroid dienone is 1. The van der Waals surface area contributed by atoms with Crippen molar-refractivity contribution in [2.24, 2.45) is 0 Å². The number of unbranched alkanes of at least 4 members (excludes halogenated alkanes) is 3. The molecule has 0 N–H and O–H groups in total. The summed E-state index contributed by atoms with van der Waals surface area (Å²) in [5.41, 5.74) is 2.82. The Labute approximate surface area is 205 Å². The number of methoxy groups -OCH3 is 1. The third-order valence-electron chi connectivity index (χ3n) is 6.21. The van der Waals surface area contributed by atoms with Gasteiger partial charge in [-0.1, -0.05) is 45.0 Å². The van der Waals surface area contributed by atoms with Gasteiger partial charge in [0, 0.05) is 0 Å². The molecule has 0 amide bonds. The second kappa shape index (κ2) is 12.4. The van der Waals surface area contributed by atoms with Crippen LogP contribution in [-0.4, -0.2) is 28.0 Å². The fourth-order valence-corrected chi connectivity index (χ4v) is 4.05. The van der Waals surface area contributed by atoms with Crippen LogP contribution in [0.5, 0.6) is 5.75 Å². The topological polar surface area (TPSA) is 68.5 Å². The molecule has 0 bridgehead atoms. The van der Waals surface area contributed by atoms with Gasteiger partial charge in [0.05, 0.1) is 25.3 Å². The number of carbonyl (C=O) groups is 1. The number of nitrogens with zero attached hydrogens (tertiary/aromatic N) is 1. The summed E-state index contributed by atoms with van der Waals surface area (Å²) >= 11 is 0. The zero-order chi connectivity index (χ0) is 25.2. The Bertz CT molecular complexity index is 997. The van der Waals surface area contributed by atoms with E-state index in [0.29, 0.717) is 17.9 Å². The molecule has 34 heavy (non-hydrogen) atoms. The lowest BCUT2D eigenvalue weighted by atomic mass is 10.0. The predicted molar refractivity (Wildman–Crippen MR) is 139 cm³/mol. The van der Waals surface area contributed by atoms with Gasteiger partial charge in [0.15, 0.2) is 5.76 Å². The fourth-order valence-electron chi connectivity index (χ4n) is 3.02. The van der Waals surface area contributed by atoms with E-state index in [1.165, 1.54) is 7.11 Å². The highest BCUT2D eigenvalue weighted by Gasteiger charge is 2.40. The molecule has 0 saturated heterocycles. The minimum Gasteiger partial charge on any atom is -0.539 e. The molecule has 0 radical (unpaired) electrons. The Morgan fingerprint density at radius 3 is 2.09 bits per heavy atom. The summed E-state index contributed by atoms with van der Waals surface area (Å²) in [4.78, 5) is 12.2. The summed E-state index contributed by atoms with van der Waals surface area (Å²) in [6, 6.07) is 17.7. The maximum absolute atomic E-state index is 12.2. The number of esters is 1. The molecule has 2 rings (SSSR count). The van der Waals surface area contributed by atoms with Gasteiger partial charge in [-0.05, 0) is 85.3 Å². The van der Waals surface area contributed by atoms with Gasteiger partial charge in [0.2, 0.25) is 0 Å². The van der Waals surface area contributed by atoms with Gasteiger partial charge in [-0.2, -0.15) is 5.26 Å². The van der Waals surface area contributed by atoms with Crippen molar-refractivity contribution < 1.29 is 18.7 Å². The maximum Gasteiger partial charge on any atom is 0.371 e. The first kappa shape index (κ1) is 27.2. The first-order valence-corrected chi connectivity index (χ1v) is 14.7. The summed E-state index contributed by atoms with van der Waals surface area (Å²) in [5.74, 6) is 0.776. The third-order valence-corrected chi connectivity index (χ3v) is 10.5. The normalized spacial score (nSPS) is 12.1. The van der Waals surface area contributed by atoms with E-state index in [-0.39, 0.29) is 5.04 Å². The maximum atomic E-state index is 12.2. The Morgan fingerprint density at radius 2 is 1.56 bits per heavy atom. The Kier molecular flexibility index (Phi) is 9.94. The van der Waals surface area contributed by atoms with Gasteiger partial charge in [-0.3, -0.25) is 0 Å². The van der Waals surface area contributed by atoms with E-state index < -0.39 is 14.3 Å². The molecule has 182 valence electrons. The van der Waals surface area contributed by atoms with Crippen LogP contribution in [0.25, 0.3) is 11.1 Å². The van der Waals surface area contributed by atoms with Crippen molar-refractivity contribution in [3.8, 4) is 22.9 Å². The number of hydrogen-bond donors (Lipinski definition) is 0. The quantitative estimate of drug-likeness (QED) is 0.112. The molecule has 0 spiro atoms. The molecule has 5 nitrogen and oxygen atoms in total. The Balaban J connectivity index is 1.77. The lowest BCUT2D eigenvalue weighted by Gasteiger charge is -2.36. The van der Waals surface area contributed by atoms with Crippen LogP contribution in [0, 0.1) is 11.3 Å². The van der Waals surface area contributed by atoms with Gasteiger partial charge < -0.3 is 13.9 Å². The Morgan fingerprint density at radius 1 is 0.971 bits per heavy atom. The van der Waals surface area contributed by atoms with Crippen molar-refractivity contribution in [3.05, 3.63) is 65.9 Å². The zero-order valence-electron chi connectivity index (χ0n) is 21.3. The molecule has 0 aliphatic rings. The second-order valence-corrected chi connectivity index (χ2v) is 14.6. The van der Waals surface area contributed by atoms with Gasteiger partial charge >= 0.3 is 5.97 Å². The third kappa shape index (κ3) is 8.07. The average Bonchev–Trinajstić information content (AvgIpc) is 2.81. The molecular weight excluding hydrogens is 442 g/mol. The fraction of sp³-hybridized carbons (Fsp3) is 0.429. The highest BCUT2D eigenvalue weighted by atomic mass is 28.4. The summed E-state index contributed by atoms with van der Waals surface area (Å²) in [6.07, 6.45) is 5.51. The SMILES string of the molecule is COC(=O)/C(=C/CCCCCOc1ccc(-c2ccc(C#N)cc2)cc1)O[Si](C)(C)C(C)(C)C. The largest absolute Gasteiger partial charge is 0.539 e. The van der Waals surface area contributed by atoms with Crippen LogP contribution in [0.4, 0.5) is 0 Å². The van der Waals surface area contributed by atoms with Gasteiger partial charge in [-0.25, -0.2) is 4.79 Å². The smallest absolute Gasteiger partial charge is 0.371 e. The zero-order valence-corrected chi connectivity index (χ0v) is 22.3. The minimum atomic E-state index is -2.10. The molecule has 0 aliphatic heterocycles. The molecule has 0 atom stereocenters. The van der Waals surface area contributed by atoms with Crippen molar-refractivity contribution in [2.45, 2.75) is 64.6 Å². The molecule has 0 heterocycles. The summed E-state index contributed by atoms with van der Waals surface area (Å²) in [6.45, 7) is 11.3. The molecule has 0 saturated carbocycles. The van der Waals surface area contributed by atoms with Crippen LogP contribution in [0.15, 0.2) is 60.4 Å². The van der Waals surface area contributed by atoms with Crippen LogP contribution >= 0.6 is 0 Å². The van der Waals surface area contributed by atoms with Crippen LogP contribution in [0.1, 0.15) is 52.0 Å². The summed E-state index contributed by atoms with van der Waals surface area (Å²) in [5, 5.41) is 8.93. The van der Waals surface area contributed by atoms with E-state index >= 15 is 0 Å². The number of hydrogen-bond acceptors (Lipinski definition) is 5. The van der Waals surface area contributed by atoms with Crippen LogP contribution in [-0.2, 0) is 14.0 Å². The molecule has 2 aromatic carbocycles. The van der Waals surface area contributed by atoms with Crippen LogP contribution in [0.2, 0.25) is 18.1 Å². The van der Waals surface area contributed by atoms with E-state index in [1.54, 1.807) is 0 Å². The minimum absolute atomic E-state index is 0.0116. The highest BCUT2D eigenvalue weighted by Crippen LogP contribution is 2.38. The van der Waals surface area contributed by atoms with Crippen molar-refractivity contribution in [2.75, 3.05) is 13.7 Å². The highest BCUT2D eigenvalue weighted by molar-refractivity contribution is 6.74. The summed E-state index contributed by atoms with van der Waals surface area (Å²) in [7, 11) is -0.710. The lowest BCUT2D eigenvalue weighted by Crippen LogP contribution is -2.41. The van der Waals surface area contributed by atoms with Crippen molar-refractivity contribution >= 4 is 14.3 Å². The average molecular weight is 480 g/mol. The van der Waals surface area contributed by atoms with Crippen molar-refractivity contribution in [1.82, 2.24) is 0 Å². The van der Waals surface area contributed by atoms with E-state index in [9.17, 15) is 4.79 Å². The molecule has 2 aromatic rings. The van der Waals surface area contributed by atoms with E-state index in [0.717, 1.165) is 42.6 Å². The van der Waals surface area contributed by atoms with Crippen LogP contribution in [0.3, 0.4) is 0 Å². The van der Waals surface area contributed by atoms with Gasteiger partial charge in [0.25, 0.3) is 8.32 Å². The number of rotatable bonds is 11. The lowest BCUT2D eigenvalue weighted by molar-refractivity contribution is -0.138. The number of ether oxygens (including phenoxy) is 2. The van der Waals surface area contributed by atoms with E-state index in [2.05, 4.69) is 39.9 Å². The first-order chi connectivity index (χ1) is 16.1. The second-order valence-electron chi connectivity index (χ2n) is 9.83. The Hall–Kier alpha value is -3.04. The summed E-state index contributed by atoms with van der Waals surface area (Å²) < 4.78 is 17.0. The molecular formula is C28H37NO4Si.